The van der Waals surface area contributed by atoms with Gasteiger partial charge in [0.15, 0.2) is 5.82 Å². The van der Waals surface area contributed by atoms with Crippen LogP contribution < -0.4 is 19.8 Å². The van der Waals surface area contributed by atoms with Gasteiger partial charge >= 0.3 is 10.2 Å². The van der Waals surface area contributed by atoms with E-state index in [0.717, 1.165) is 90.8 Å². The number of piperazine rings is 1. The molecule has 6 aliphatic rings. The van der Waals surface area contributed by atoms with Crippen molar-refractivity contribution in [2.24, 2.45) is 5.92 Å². The maximum Gasteiger partial charge on any atom is 0.301 e. The van der Waals surface area contributed by atoms with E-state index in [2.05, 4.69) is 65.0 Å². The summed E-state index contributed by atoms with van der Waals surface area (Å²) < 4.78 is 73.4. The van der Waals surface area contributed by atoms with Crippen molar-refractivity contribution >= 4 is 56.0 Å². The first-order valence-corrected chi connectivity index (χ1v) is 24.3. The van der Waals surface area contributed by atoms with Crippen molar-refractivity contribution in [3.05, 3.63) is 107 Å². The molecule has 3 amide bonds. The average Bonchev–Trinajstić information content (AvgIpc) is 4.17. The van der Waals surface area contributed by atoms with Gasteiger partial charge in [0.25, 0.3) is 5.91 Å². The highest BCUT2D eigenvalue weighted by Crippen LogP contribution is 2.38. The second kappa shape index (κ2) is 16.7. The van der Waals surface area contributed by atoms with E-state index in [4.69, 9.17) is 0 Å². The number of benzene rings is 3. The summed E-state index contributed by atoms with van der Waals surface area (Å²) in [5.41, 5.74) is 6.09. The van der Waals surface area contributed by atoms with Gasteiger partial charge in [0, 0.05) is 123 Å². The van der Waals surface area contributed by atoms with E-state index in [1.807, 2.05) is 18.2 Å². The lowest BCUT2D eigenvalue weighted by molar-refractivity contribution is -0.136. The number of imide groups is 1. The lowest BCUT2D eigenvalue weighted by Crippen LogP contribution is -2.52. The SMILES string of the molecule is O=C1CCC(N2Cc3cc(N4CCC(CN5C[C@@H]6C[C@H]5CN6c5ccc(-c6cnc7[nH]cc(Cc8c(F)ccc(NS(=O)(=O)N9CC[C@@H](F)C9)c8F)c7c6)cc5)CC4)ccc3C2=O)C(=O)N1. The molecule has 5 saturated heterocycles. The molecule has 11 rings (SSSR count). The molecule has 4 atom stereocenters. The second-order valence-electron chi connectivity index (χ2n) is 18.7. The number of amides is 3. The first-order valence-electron chi connectivity index (χ1n) is 22.8. The number of carbonyl (C=O) groups is 3. The number of fused-ring (bicyclic) bond motifs is 4. The topological polar surface area (TPSA) is 154 Å². The molecule has 344 valence electrons. The summed E-state index contributed by atoms with van der Waals surface area (Å²) in [6, 6.07) is 18.8. The Kier molecular flexibility index (Phi) is 10.8. The van der Waals surface area contributed by atoms with Gasteiger partial charge in [-0.3, -0.25) is 29.3 Å². The van der Waals surface area contributed by atoms with Gasteiger partial charge < -0.3 is 19.7 Å². The summed E-state index contributed by atoms with van der Waals surface area (Å²) in [6.45, 7) is 5.02. The predicted molar refractivity (Wildman–Crippen MR) is 243 cm³/mol. The molecule has 0 radical (unpaired) electrons. The summed E-state index contributed by atoms with van der Waals surface area (Å²) in [7, 11) is -4.23. The Morgan fingerprint density at radius 3 is 2.38 bits per heavy atom. The number of anilines is 3. The Morgan fingerprint density at radius 1 is 0.833 bits per heavy atom. The Balaban J connectivity index is 0.691. The van der Waals surface area contributed by atoms with Crippen LogP contribution in [0.5, 0.6) is 0 Å². The maximum absolute atomic E-state index is 15.8. The first-order chi connectivity index (χ1) is 31.8. The molecule has 5 aromatic rings. The van der Waals surface area contributed by atoms with Crippen molar-refractivity contribution in [1.29, 1.82) is 0 Å². The first kappa shape index (κ1) is 42.6. The van der Waals surface area contributed by atoms with E-state index in [1.54, 1.807) is 17.3 Å². The highest BCUT2D eigenvalue weighted by atomic mass is 32.2. The number of aromatic nitrogens is 2. The highest BCUT2D eigenvalue weighted by molar-refractivity contribution is 7.90. The van der Waals surface area contributed by atoms with Crippen molar-refractivity contribution in [3.8, 4) is 11.1 Å². The summed E-state index contributed by atoms with van der Waals surface area (Å²) in [6.07, 6.45) is 5.95. The predicted octanol–water partition coefficient (Wildman–Crippen LogP) is 5.74. The number of rotatable bonds is 11. The normalized spacial score (nSPS) is 24.0. The third kappa shape index (κ3) is 7.85. The molecule has 3 aromatic carbocycles. The smallest absolute Gasteiger partial charge is 0.301 e. The minimum atomic E-state index is -4.23. The fourth-order valence-corrected chi connectivity index (χ4v) is 12.4. The van der Waals surface area contributed by atoms with Gasteiger partial charge in [0.05, 0.1) is 5.69 Å². The minimum absolute atomic E-state index is 0.0226. The number of nitrogens with one attached hydrogen (secondary N) is 3. The number of alkyl halides is 1. The Bertz CT molecular complexity index is 2870. The van der Waals surface area contributed by atoms with Gasteiger partial charge in [-0.25, -0.2) is 18.2 Å². The fraction of sp³-hybridized carbons (Fsp3) is 0.417. The highest BCUT2D eigenvalue weighted by Gasteiger charge is 2.44. The fourth-order valence-electron chi connectivity index (χ4n) is 11.1. The van der Waals surface area contributed by atoms with Crippen LogP contribution in [0.15, 0.2) is 73.1 Å². The van der Waals surface area contributed by atoms with E-state index in [-0.39, 0.29) is 49.7 Å². The molecule has 5 fully saturated rings. The van der Waals surface area contributed by atoms with Crippen molar-refractivity contribution < 1.29 is 36.0 Å². The van der Waals surface area contributed by atoms with Crippen molar-refractivity contribution in [2.75, 3.05) is 60.3 Å². The van der Waals surface area contributed by atoms with Crippen molar-refractivity contribution in [2.45, 2.75) is 75.8 Å². The second-order valence-corrected chi connectivity index (χ2v) is 20.4. The van der Waals surface area contributed by atoms with Gasteiger partial charge in [-0.05, 0) is 103 Å². The Labute approximate surface area is 380 Å². The molecule has 18 heteroatoms. The standard InChI is InChI=1S/C48H50F3N9O5S/c49-33-13-16-58(25-33)66(64,65)55-42-8-7-41(50)40(45(42)51)19-31-22-53-46-39(31)18-30(21-52-46)29-1-3-34(4-2-29)59-27-36-20-37(59)26-57(36)23-28-11-14-56(15-12-28)35-5-6-38-32(17-35)24-60(48(38)63)43-9-10-44(61)54-47(43)62/h1-8,17-18,21-22,28,33,36-37,43,55H,9-16,19-20,23-27H2,(H,52,53)(H,54,61,62)/t33-,36+,37+,43?/m1/s1. The number of likely N-dealkylation sites (tertiary alicyclic amines) is 1. The molecule has 14 nitrogen and oxygen atoms in total. The molecule has 6 aliphatic heterocycles. The summed E-state index contributed by atoms with van der Waals surface area (Å²) in [4.78, 5) is 54.3. The molecule has 1 unspecified atom stereocenters. The molecular formula is C48H50F3N9O5S. The lowest BCUT2D eigenvalue weighted by atomic mass is 9.95. The van der Waals surface area contributed by atoms with E-state index in [1.165, 1.54) is 5.69 Å². The monoisotopic (exact) mass is 921 g/mol. The van der Waals surface area contributed by atoms with Crippen molar-refractivity contribution in [3.63, 3.8) is 0 Å². The number of H-pyrrole nitrogens is 1. The molecular weight excluding hydrogens is 872 g/mol. The van der Waals surface area contributed by atoms with Crippen LogP contribution in [0, 0.1) is 17.6 Å². The van der Waals surface area contributed by atoms with Gasteiger partial charge in [-0.1, -0.05) is 12.1 Å². The van der Waals surface area contributed by atoms with E-state index >= 15 is 8.78 Å². The molecule has 0 saturated carbocycles. The molecule has 0 aliphatic carbocycles. The zero-order chi connectivity index (χ0) is 45.4. The van der Waals surface area contributed by atoms with Crippen molar-refractivity contribution in [1.82, 2.24) is 29.4 Å². The van der Waals surface area contributed by atoms with Crippen LogP contribution in [0.3, 0.4) is 0 Å². The zero-order valence-corrected chi connectivity index (χ0v) is 37.0. The zero-order valence-electron chi connectivity index (χ0n) is 36.2. The number of aromatic amines is 1. The Hall–Kier alpha value is -5.98. The third-order valence-corrected chi connectivity index (χ3v) is 16.2. The van der Waals surface area contributed by atoms with Crippen LogP contribution in [0.4, 0.5) is 30.2 Å². The number of hydrogen-bond donors (Lipinski definition) is 3. The van der Waals surface area contributed by atoms with Crippen LogP contribution in [0.1, 0.15) is 65.6 Å². The number of hydrogen-bond acceptors (Lipinski definition) is 9. The third-order valence-electron chi connectivity index (χ3n) is 14.7. The number of halogens is 3. The summed E-state index contributed by atoms with van der Waals surface area (Å²) >= 11 is 0. The molecule has 3 N–H and O–H groups in total. The quantitative estimate of drug-likeness (QED) is 0.141. The molecule has 2 aromatic heterocycles. The lowest BCUT2D eigenvalue weighted by Gasteiger charge is -2.40. The summed E-state index contributed by atoms with van der Waals surface area (Å²) in [5.74, 6) is -2.07. The Morgan fingerprint density at radius 2 is 1.64 bits per heavy atom. The van der Waals surface area contributed by atoms with E-state index in [0.29, 0.717) is 53.1 Å². The number of nitrogens with zero attached hydrogens (tertiary/aromatic N) is 6. The van der Waals surface area contributed by atoms with E-state index < -0.39 is 45.7 Å². The largest absolute Gasteiger partial charge is 0.372 e. The van der Waals surface area contributed by atoms with Crippen LogP contribution in [0.25, 0.3) is 22.2 Å². The molecule has 66 heavy (non-hydrogen) atoms. The van der Waals surface area contributed by atoms with Gasteiger partial charge in [-0.2, -0.15) is 12.7 Å². The number of piperidine rings is 2. The van der Waals surface area contributed by atoms with Gasteiger partial charge in [0.2, 0.25) is 11.8 Å². The van der Waals surface area contributed by atoms with E-state index in [9.17, 15) is 27.2 Å². The van der Waals surface area contributed by atoms with Gasteiger partial charge in [0.1, 0.15) is 23.7 Å². The number of carbonyl (C=O) groups excluding carboxylic acids is 3. The van der Waals surface area contributed by atoms with Crippen LogP contribution in [-0.4, -0.2) is 120 Å². The molecule has 8 heterocycles. The van der Waals surface area contributed by atoms with Crippen LogP contribution in [-0.2, 0) is 32.8 Å². The van der Waals surface area contributed by atoms with Crippen LogP contribution >= 0.6 is 0 Å². The average molecular weight is 922 g/mol. The van der Waals surface area contributed by atoms with Crippen LogP contribution in [0.2, 0.25) is 0 Å². The molecule has 2 bridgehead atoms. The van der Waals surface area contributed by atoms with Gasteiger partial charge in [-0.15, -0.1) is 0 Å². The molecule has 0 spiro atoms. The minimum Gasteiger partial charge on any atom is -0.372 e. The maximum atomic E-state index is 15.8. The number of pyridine rings is 1. The summed E-state index contributed by atoms with van der Waals surface area (Å²) in [5, 5.41) is 3.06.